The normalized spacial score (nSPS) is 14.6. The fourth-order valence-corrected chi connectivity index (χ4v) is 1.31. The highest BCUT2D eigenvalue weighted by atomic mass is 16.4. The molecule has 1 unspecified atom stereocenters. The average molecular weight is 202 g/mol. The Morgan fingerprint density at radius 1 is 1.43 bits per heavy atom. The Bertz CT molecular complexity index is 216. The number of nitrogens with two attached hydrogens (primary N) is 1. The van der Waals surface area contributed by atoms with Crippen molar-refractivity contribution in [3.63, 3.8) is 0 Å². The predicted molar refractivity (Wildman–Crippen MR) is 52.8 cm³/mol. The lowest BCUT2D eigenvalue weighted by Crippen LogP contribution is -2.47. The van der Waals surface area contributed by atoms with Crippen molar-refractivity contribution >= 4 is 11.9 Å². The zero-order valence-corrected chi connectivity index (χ0v) is 8.86. The molecule has 0 aromatic carbocycles. The van der Waals surface area contributed by atoms with Gasteiger partial charge in [0, 0.05) is 12.6 Å². The van der Waals surface area contributed by atoms with Crippen molar-refractivity contribution in [2.45, 2.75) is 39.3 Å². The maximum Gasteiger partial charge on any atom is 0.305 e. The zero-order valence-electron chi connectivity index (χ0n) is 8.86. The van der Waals surface area contributed by atoms with Crippen LogP contribution in [-0.4, -0.2) is 40.5 Å². The molecule has 0 aliphatic carbocycles. The molecule has 5 heteroatoms. The number of aliphatic carboxylic acids is 1. The van der Waals surface area contributed by atoms with Crippen molar-refractivity contribution in [2.24, 2.45) is 5.73 Å². The minimum absolute atomic E-state index is 0.0493. The number of carboxylic acids is 1. The van der Waals surface area contributed by atoms with E-state index in [0.717, 1.165) is 0 Å². The smallest absolute Gasteiger partial charge is 0.305 e. The topological polar surface area (TPSA) is 83.6 Å². The number of nitrogens with zero attached hydrogens (tertiary/aromatic N) is 1. The number of likely N-dealkylation sites (N-methyl/N-ethyl adjacent to an activating group) is 1. The highest BCUT2D eigenvalue weighted by Gasteiger charge is 2.22. The molecule has 0 aromatic rings. The SMILES string of the molecule is CCN(C(=O)[C@H](C)N)C(C)CC(=O)O. The van der Waals surface area contributed by atoms with E-state index >= 15 is 0 Å². The Balaban J connectivity index is 4.39. The van der Waals surface area contributed by atoms with Gasteiger partial charge in [-0.2, -0.15) is 0 Å². The van der Waals surface area contributed by atoms with Gasteiger partial charge >= 0.3 is 5.97 Å². The molecule has 0 aliphatic rings. The van der Waals surface area contributed by atoms with Crippen LogP contribution in [0.1, 0.15) is 27.2 Å². The maximum absolute atomic E-state index is 11.5. The summed E-state index contributed by atoms with van der Waals surface area (Å²) in [6, 6.07) is -0.887. The van der Waals surface area contributed by atoms with Gasteiger partial charge in [-0.3, -0.25) is 9.59 Å². The van der Waals surface area contributed by atoms with E-state index in [2.05, 4.69) is 0 Å². The van der Waals surface area contributed by atoms with Crippen LogP contribution in [0.15, 0.2) is 0 Å². The number of rotatable bonds is 5. The molecule has 0 heterocycles. The molecule has 0 rings (SSSR count). The Hall–Kier alpha value is -1.10. The Morgan fingerprint density at radius 3 is 2.21 bits per heavy atom. The molecule has 0 radical (unpaired) electrons. The van der Waals surface area contributed by atoms with Crippen LogP contribution in [0.5, 0.6) is 0 Å². The number of amides is 1. The van der Waals surface area contributed by atoms with E-state index in [1.165, 1.54) is 4.90 Å². The Kier molecular flexibility index (Phi) is 5.15. The molecule has 2 atom stereocenters. The quantitative estimate of drug-likeness (QED) is 0.659. The Labute approximate surface area is 83.9 Å². The number of carboxylic acid groups (broad SMARTS) is 1. The van der Waals surface area contributed by atoms with E-state index in [1.807, 2.05) is 0 Å². The zero-order chi connectivity index (χ0) is 11.3. The predicted octanol–water partition coefficient (Wildman–Crippen LogP) is 0.0453. The Morgan fingerprint density at radius 2 is 1.93 bits per heavy atom. The van der Waals surface area contributed by atoms with Gasteiger partial charge in [0.2, 0.25) is 5.91 Å². The third kappa shape index (κ3) is 3.74. The van der Waals surface area contributed by atoms with Crippen LogP contribution in [0.4, 0.5) is 0 Å². The summed E-state index contributed by atoms with van der Waals surface area (Å²) in [6.07, 6.45) is -0.0493. The van der Waals surface area contributed by atoms with Crippen molar-refractivity contribution in [3.8, 4) is 0 Å². The first kappa shape index (κ1) is 12.9. The fourth-order valence-electron chi connectivity index (χ4n) is 1.31. The molecular weight excluding hydrogens is 184 g/mol. The van der Waals surface area contributed by atoms with Crippen molar-refractivity contribution in [3.05, 3.63) is 0 Å². The monoisotopic (exact) mass is 202 g/mol. The highest BCUT2D eigenvalue weighted by Crippen LogP contribution is 2.05. The maximum atomic E-state index is 11.5. The second kappa shape index (κ2) is 5.59. The van der Waals surface area contributed by atoms with E-state index in [0.29, 0.717) is 6.54 Å². The van der Waals surface area contributed by atoms with E-state index in [9.17, 15) is 9.59 Å². The molecule has 0 bridgehead atoms. The largest absolute Gasteiger partial charge is 0.481 e. The summed E-state index contributed by atoms with van der Waals surface area (Å²) < 4.78 is 0. The van der Waals surface area contributed by atoms with Gasteiger partial charge in [-0.25, -0.2) is 0 Å². The number of carbonyl (C=O) groups is 2. The second-order valence-corrected chi connectivity index (χ2v) is 3.36. The molecule has 0 aromatic heterocycles. The van der Waals surface area contributed by atoms with Crippen LogP contribution in [0.25, 0.3) is 0 Å². The van der Waals surface area contributed by atoms with E-state index < -0.39 is 12.0 Å². The van der Waals surface area contributed by atoms with Gasteiger partial charge < -0.3 is 15.7 Å². The molecule has 5 nitrogen and oxygen atoms in total. The fraction of sp³-hybridized carbons (Fsp3) is 0.778. The molecule has 3 N–H and O–H groups in total. The summed E-state index contributed by atoms with van der Waals surface area (Å²) in [5.74, 6) is -1.12. The molecule has 14 heavy (non-hydrogen) atoms. The summed E-state index contributed by atoms with van der Waals surface area (Å²) in [5.41, 5.74) is 5.44. The number of carbonyl (C=O) groups excluding carboxylic acids is 1. The summed E-state index contributed by atoms with van der Waals surface area (Å²) >= 11 is 0. The van der Waals surface area contributed by atoms with Gasteiger partial charge in [0.05, 0.1) is 12.5 Å². The summed E-state index contributed by atoms with van der Waals surface area (Å²) in [5, 5.41) is 8.58. The first-order chi connectivity index (χ1) is 6.40. The first-order valence-electron chi connectivity index (χ1n) is 4.68. The summed E-state index contributed by atoms with van der Waals surface area (Å²) in [6.45, 7) is 5.59. The lowest BCUT2D eigenvalue weighted by atomic mass is 10.1. The van der Waals surface area contributed by atoms with Crippen molar-refractivity contribution in [2.75, 3.05) is 6.54 Å². The molecule has 0 aliphatic heterocycles. The number of hydrogen-bond acceptors (Lipinski definition) is 3. The van der Waals surface area contributed by atoms with E-state index in [1.54, 1.807) is 20.8 Å². The van der Waals surface area contributed by atoms with Crippen LogP contribution < -0.4 is 5.73 Å². The van der Waals surface area contributed by atoms with Crippen LogP contribution in [0.3, 0.4) is 0 Å². The molecule has 82 valence electrons. The third-order valence-electron chi connectivity index (χ3n) is 2.02. The first-order valence-corrected chi connectivity index (χ1v) is 4.68. The number of hydrogen-bond donors (Lipinski definition) is 2. The van der Waals surface area contributed by atoms with Gasteiger partial charge in [-0.1, -0.05) is 0 Å². The van der Waals surface area contributed by atoms with E-state index in [-0.39, 0.29) is 18.4 Å². The van der Waals surface area contributed by atoms with Crippen molar-refractivity contribution < 1.29 is 14.7 Å². The second-order valence-electron chi connectivity index (χ2n) is 3.36. The third-order valence-corrected chi connectivity index (χ3v) is 2.02. The van der Waals surface area contributed by atoms with Gasteiger partial charge in [0.15, 0.2) is 0 Å². The van der Waals surface area contributed by atoms with Crippen molar-refractivity contribution in [1.82, 2.24) is 4.90 Å². The van der Waals surface area contributed by atoms with Gasteiger partial charge in [-0.15, -0.1) is 0 Å². The molecule has 1 amide bonds. The van der Waals surface area contributed by atoms with Crippen LogP contribution in [-0.2, 0) is 9.59 Å². The summed E-state index contributed by atoms with van der Waals surface area (Å²) in [7, 11) is 0. The van der Waals surface area contributed by atoms with Crippen LogP contribution in [0.2, 0.25) is 0 Å². The summed E-state index contributed by atoms with van der Waals surface area (Å²) in [4.78, 5) is 23.4. The van der Waals surface area contributed by atoms with Crippen molar-refractivity contribution in [1.29, 1.82) is 0 Å². The highest BCUT2D eigenvalue weighted by molar-refractivity contribution is 5.82. The van der Waals surface area contributed by atoms with Gasteiger partial charge in [-0.05, 0) is 20.8 Å². The van der Waals surface area contributed by atoms with Crippen LogP contribution in [0, 0.1) is 0 Å². The standard InChI is InChI=1S/C9H18N2O3/c1-4-11(9(14)7(3)10)6(2)5-8(12)13/h6-7H,4-5,10H2,1-3H3,(H,12,13)/t6?,7-/m0/s1. The van der Waals surface area contributed by atoms with E-state index in [4.69, 9.17) is 10.8 Å². The molecular formula is C9H18N2O3. The molecule has 0 saturated heterocycles. The minimum atomic E-state index is -0.909. The lowest BCUT2D eigenvalue weighted by molar-refractivity contribution is -0.140. The van der Waals surface area contributed by atoms with Gasteiger partial charge in [0.1, 0.15) is 0 Å². The average Bonchev–Trinajstić information content (AvgIpc) is 2.03. The minimum Gasteiger partial charge on any atom is -0.481 e. The molecule has 0 fully saturated rings. The van der Waals surface area contributed by atoms with Gasteiger partial charge in [0.25, 0.3) is 0 Å². The lowest BCUT2D eigenvalue weighted by Gasteiger charge is -2.28. The molecule has 0 spiro atoms. The van der Waals surface area contributed by atoms with Crippen LogP contribution >= 0.6 is 0 Å². The molecule has 0 saturated carbocycles.